The first kappa shape index (κ1) is 17.9. The number of rotatable bonds is 4. The highest BCUT2D eigenvalue weighted by atomic mass is 31.1. The summed E-state index contributed by atoms with van der Waals surface area (Å²) < 4.78 is 0. The Balaban J connectivity index is 0.00000220. The molecule has 1 unspecified atom stereocenters. The van der Waals surface area contributed by atoms with Gasteiger partial charge in [0.25, 0.3) is 0 Å². The minimum absolute atomic E-state index is 0. The third kappa shape index (κ3) is 4.98. The molecule has 0 saturated heterocycles. The number of hydrogen-bond donors (Lipinski definition) is 1. The van der Waals surface area contributed by atoms with Crippen molar-refractivity contribution in [2.75, 3.05) is 0 Å². The third-order valence-electron chi connectivity index (χ3n) is 3.31. The van der Waals surface area contributed by atoms with Crippen LogP contribution in [-0.2, 0) is 0 Å². The first-order valence-corrected chi connectivity index (χ1v) is 8.49. The number of benzene rings is 2. The monoisotopic (exact) mass is 296 g/mol. The number of hydrogen-bond acceptors (Lipinski definition) is 1. The van der Waals surface area contributed by atoms with Crippen LogP contribution in [0.4, 0.5) is 0 Å². The van der Waals surface area contributed by atoms with Gasteiger partial charge in [0.05, 0.1) is 0 Å². The second kappa shape index (κ2) is 7.78. The summed E-state index contributed by atoms with van der Waals surface area (Å²) in [6.45, 7) is 9.20. The Morgan fingerprint density at radius 3 is 1.81 bits per heavy atom. The van der Waals surface area contributed by atoms with Crippen molar-refractivity contribution in [1.82, 2.24) is 5.09 Å². The lowest BCUT2D eigenvalue weighted by Crippen LogP contribution is -2.30. The van der Waals surface area contributed by atoms with Crippen molar-refractivity contribution in [3.05, 3.63) is 66.2 Å². The van der Waals surface area contributed by atoms with E-state index in [1.165, 1.54) is 10.9 Å². The van der Waals surface area contributed by atoms with Gasteiger partial charge in [0.1, 0.15) is 0 Å². The largest absolute Gasteiger partial charge is 0.285 e. The van der Waals surface area contributed by atoms with Gasteiger partial charge in [-0.15, -0.1) is 0 Å². The Kier molecular flexibility index (Phi) is 6.64. The molecule has 0 aliphatic rings. The second-order valence-corrected chi connectivity index (χ2v) is 8.89. The van der Waals surface area contributed by atoms with Crippen LogP contribution in [0.2, 0.25) is 0 Å². The molecule has 0 fully saturated rings. The molecule has 21 heavy (non-hydrogen) atoms. The molecular formula is C18H24BNP. The van der Waals surface area contributed by atoms with Gasteiger partial charge < -0.3 is 0 Å². The summed E-state index contributed by atoms with van der Waals surface area (Å²) in [6.07, 6.45) is 0. The van der Waals surface area contributed by atoms with E-state index < -0.39 is 8.07 Å². The van der Waals surface area contributed by atoms with Crippen LogP contribution in [0.25, 0.3) is 0 Å². The van der Waals surface area contributed by atoms with Crippen LogP contribution in [0, 0.1) is 0 Å². The van der Waals surface area contributed by atoms with Crippen LogP contribution in [0.3, 0.4) is 0 Å². The van der Waals surface area contributed by atoms with Crippen LogP contribution >= 0.6 is 8.07 Å². The number of nitrogens with one attached hydrogen (secondary N) is 1. The topological polar surface area (TPSA) is 12.0 Å². The minimum Gasteiger partial charge on any atom is -0.285 e. The lowest BCUT2D eigenvalue weighted by atomic mass is 10.1. The van der Waals surface area contributed by atoms with Crippen LogP contribution < -0.4 is 10.4 Å². The lowest BCUT2D eigenvalue weighted by molar-refractivity contribution is 0.705. The van der Waals surface area contributed by atoms with Gasteiger partial charge in [-0.25, -0.2) is 0 Å². The molecule has 3 heteroatoms. The SMILES string of the molecule is C[C@H](NP(c1ccccc1)C(C)(C)C)c1ccccc1.[B]. The van der Waals surface area contributed by atoms with Crippen molar-refractivity contribution in [3.8, 4) is 0 Å². The van der Waals surface area contributed by atoms with E-state index in [-0.39, 0.29) is 13.6 Å². The highest BCUT2D eigenvalue weighted by Gasteiger charge is 2.27. The predicted octanol–water partition coefficient (Wildman–Crippen LogP) is 4.48. The summed E-state index contributed by atoms with van der Waals surface area (Å²) in [5.74, 6) is 0. The Hall–Kier alpha value is -1.11. The van der Waals surface area contributed by atoms with Gasteiger partial charge in [0.15, 0.2) is 0 Å². The highest BCUT2D eigenvalue weighted by molar-refractivity contribution is 7.65. The van der Waals surface area contributed by atoms with Crippen molar-refractivity contribution < 1.29 is 0 Å². The summed E-state index contributed by atoms with van der Waals surface area (Å²) in [6, 6.07) is 21.9. The molecule has 0 spiro atoms. The summed E-state index contributed by atoms with van der Waals surface area (Å²) >= 11 is 0. The van der Waals surface area contributed by atoms with Crippen molar-refractivity contribution in [1.29, 1.82) is 0 Å². The quantitative estimate of drug-likeness (QED) is 0.648. The molecule has 0 heterocycles. The third-order valence-corrected chi connectivity index (χ3v) is 6.11. The van der Waals surface area contributed by atoms with Crippen LogP contribution in [-0.4, -0.2) is 13.6 Å². The van der Waals surface area contributed by atoms with E-state index in [0.29, 0.717) is 6.04 Å². The first-order chi connectivity index (χ1) is 9.48. The summed E-state index contributed by atoms with van der Waals surface area (Å²) in [7, 11) is -0.410. The van der Waals surface area contributed by atoms with Crippen molar-refractivity contribution in [2.45, 2.75) is 38.9 Å². The molecule has 109 valence electrons. The van der Waals surface area contributed by atoms with Gasteiger partial charge >= 0.3 is 0 Å². The molecule has 0 aliphatic carbocycles. The van der Waals surface area contributed by atoms with E-state index in [4.69, 9.17) is 0 Å². The molecule has 0 aliphatic heterocycles. The maximum Gasteiger partial charge on any atom is 0.0330 e. The molecule has 1 nitrogen and oxygen atoms in total. The van der Waals surface area contributed by atoms with Gasteiger partial charge in [-0.2, -0.15) is 0 Å². The zero-order valence-electron chi connectivity index (χ0n) is 13.4. The maximum atomic E-state index is 3.85. The molecule has 0 saturated carbocycles. The summed E-state index contributed by atoms with van der Waals surface area (Å²) in [5, 5.41) is 5.50. The standard InChI is InChI=1S/C18H24NP.B/c1-15(16-11-7-5-8-12-16)19-20(18(2,3)4)17-13-9-6-10-14-17;/h5-15,19H,1-4H3;/t15-,20?;/m0./s1. The van der Waals surface area contributed by atoms with Crippen molar-refractivity contribution in [3.63, 3.8) is 0 Å². The summed E-state index contributed by atoms with van der Waals surface area (Å²) in [5.41, 5.74) is 1.35. The van der Waals surface area contributed by atoms with E-state index in [1.54, 1.807) is 0 Å². The Morgan fingerprint density at radius 2 is 1.33 bits per heavy atom. The molecular weight excluding hydrogens is 272 g/mol. The second-order valence-electron chi connectivity index (χ2n) is 6.10. The first-order valence-electron chi connectivity index (χ1n) is 7.15. The lowest BCUT2D eigenvalue weighted by Gasteiger charge is -2.34. The normalized spacial score (nSPS) is 14.1. The zero-order valence-corrected chi connectivity index (χ0v) is 14.3. The fraction of sp³-hybridized carbons (Fsp3) is 0.333. The van der Waals surface area contributed by atoms with Crippen LogP contribution in [0.5, 0.6) is 0 Å². The molecule has 0 amide bonds. The Bertz CT molecular complexity index is 522. The Morgan fingerprint density at radius 1 is 0.857 bits per heavy atom. The zero-order chi connectivity index (χ0) is 14.6. The maximum absolute atomic E-state index is 3.85. The van der Waals surface area contributed by atoms with E-state index in [1.807, 2.05) is 0 Å². The Labute approximate surface area is 132 Å². The van der Waals surface area contributed by atoms with Gasteiger partial charge in [-0.05, 0) is 31.0 Å². The summed E-state index contributed by atoms with van der Waals surface area (Å²) in [4.78, 5) is 0. The fourth-order valence-electron chi connectivity index (χ4n) is 2.24. The van der Waals surface area contributed by atoms with E-state index in [2.05, 4.69) is 93.4 Å². The molecule has 2 atom stereocenters. The van der Waals surface area contributed by atoms with Crippen molar-refractivity contribution in [2.24, 2.45) is 0 Å². The van der Waals surface area contributed by atoms with Gasteiger partial charge in [0, 0.05) is 14.5 Å². The van der Waals surface area contributed by atoms with Gasteiger partial charge in [-0.1, -0.05) is 81.4 Å². The molecule has 2 aromatic rings. The van der Waals surface area contributed by atoms with Crippen LogP contribution in [0.1, 0.15) is 39.3 Å². The predicted molar refractivity (Wildman–Crippen MR) is 96.5 cm³/mol. The highest BCUT2D eigenvalue weighted by Crippen LogP contribution is 2.46. The molecule has 3 radical (unpaired) electrons. The molecule has 2 aromatic carbocycles. The van der Waals surface area contributed by atoms with Crippen molar-refractivity contribution >= 4 is 21.8 Å². The molecule has 1 N–H and O–H groups in total. The van der Waals surface area contributed by atoms with E-state index >= 15 is 0 Å². The average Bonchev–Trinajstić information content (AvgIpc) is 2.45. The van der Waals surface area contributed by atoms with E-state index in [0.717, 1.165) is 0 Å². The minimum atomic E-state index is -0.410. The van der Waals surface area contributed by atoms with Gasteiger partial charge in [-0.3, -0.25) is 5.09 Å². The smallest absolute Gasteiger partial charge is 0.0330 e. The van der Waals surface area contributed by atoms with Gasteiger partial charge in [0.2, 0.25) is 0 Å². The molecule has 0 bridgehead atoms. The molecule has 0 aromatic heterocycles. The average molecular weight is 296 g/mol. The molecule has 2 rings (SSSR count). The van der Waals surface area contributed by atoms with E-state index in [9.17, 15) is 0 Å². The van der Waals surface area contributed by atoms with Crippen LogP contribution in [0.15, 0.2) is 60.7 Å². The fourth-order valence-corrected chi connectivity index (χ4v) is 4.56.